The highest BCUT2D eigenvalue weighted by molar-refractivity contribution is 9.10. The molecule has 0 unspecified atom stereocenters. The second-order valence-electron chi connectivity index (χ2n) is 4.41. The highest BCUT2D eigenvalue weighted by Crippen LogP contribution is 2.21. The number of hydrogen-bond acceptors (Lipinski definition) is 2. The predicted molar refractivity (Wildman–Crippen MR) is 82.3 cm³/mol. The van der Waals surface area contributed by atoms with Crippen LogP contribution in [0.15, 0.2) is 46.9 Å². The fourth-order valence-corrected chi connectivity index (χ4v) is 2.27. The molecule has 0 saturated heterocycles. The Labute approximate surface area is 127 Å². The minimum absolute atomic E-state index is 0.217. The lowest BCUT2D eigenvalue weighted by molar-refractivity contribution is 0.296. The van der Waals surface area contributed by atoms with Crippen molar-refractivity contribution < 1.29 is 9.13 Å². The molecule has 2 aromatic carbocycles. The van der Waals surface area contributed by atoms with Crippen LogP contribution in [-0.2, 0) is 13.2 Å². The van der Waals surface area contributed by atoms with Gasteiger partial charge in [0.2, 0.25) is 0 Å². The summed E-state index contributed by atoms with van der Waals surface area (Å²) < 4.78 is 20.3. The van der Waals surface area contributed by atoms with Crippen molar-refractivity contribution in [2.24, 2.45) is 0 Å². The van der Waals surface area contributed by atoms with E-state index in [1.165, 1.54) is 6.07 Å². The number of rotatable bonds is 6. The van der Waals surface area contributed by atoms with Gasteiger partial charge in [0, 0.05) is 22.1 Å². The summed E-state index contributed by atoms with van der Waals surface area (Å²) >= 11 is 3.34. The molecule has 0 atom stereocenters. The molecule has 4 heteroatoms. The van der Waals surface area contributed by atoms with Gasteiger partial charge in [-0.3, -0.25) is 0 Å². The van der Waals surface area contributed by atoms with E-state index >= 15 is 0 Å². The van der Waals surface area contributed by atoms with E-state index in [-0.39, 0.29) is 12.4 Å². The van der Waals surface area contributed by atoms with E-state index in [4.69, 9.17) is 4.74 Å². The second-order valence-corrected chi connectivity index (χ2v) is 5.33. The average Bonchev–Trinajstić information content (AvgIpc) is 2.47. The SMILES string of the molecule is CCNCc1ccccc1OCc1cc(Br)ccc1F. The molecule has 0 aliphatic carbocycles. The van der Waals surface area contributed by atoms with Crippen molar-refractivity contribution >= 4 is 15.9 Å². The molecule has 0 bridgehead atoms. The smallest absolute Gasteiger partial charge is 0.129 e. The van der Waals surface area contributed by atoms with Crippen LogP contribution in [0.4, 0.5) is 4.39 Å². The van der Waals surface area contributed by atoms with Crippen LogP contribution in [-0.4, -0.2) is 6.54 Å². The van der Waals surface area contributed by atoms with E-state index in [1.54, 1.807) is 12.1 Å². The molecule has 0 aliphatic rings. The zero-order valence-corrected chi connectivity index (χ0v) is 12.9. The Bertz CT molecular complexity index is 574. The third-order valence-corrected chi connectivity index (χ3v) is 3.42. The number of benzene rings is 2. The zero-order valence-electron chi connectivity index (χ0n) is 11.3. The average molecular weight is 338 g/mol. The molecule has 2 rings (SSSR count). The van der Waals surface area contributed by atoms with E-state index in [0.717, 1.165) is 28.9 Å². The molecule has 0 radical (unpaired) electrons. The summed E-state index contributed by atoms with van der Waals surface area (Å²) in [6, 6.07) is 12.7. The normalized spacial score (nSPS) is 10.6. The van der Waals surface area contributed by atoms with Crippen molar-refractivity contribution in [1.29, 1.82) is 0 Å². The van der Waals surface area contributed by atoms with E-state index in [0.29, 0.717) is 5.56 Å². The molecule has 0 heterocycles. The van der Waals surface area contributed by atoms with Gasteiger partial charge in [-0.05, 0) is 30.8 Å². The first-order valence-corrected chi connectivity index (χ1v) is 7.35. The monoisotopic (exact) mass is 337 g/mol. The van der Waals surface area contributed by atoms with Crippen molar-refractivity contribution in [3.63, 3.8) is 0 Å². The lowest BCUT2D eigenvalue weighted by Crippen LogP contribution is -2.13. The fourth-order valence-electron chi connectivity index (χ4n) is 1.86. The number of ether oxygens (including phenoxy) is 1. The van der Waals surface area contributed by atoms with Gasteiger partial charge in [-0.15, -0.1) is 0 Å². The molecule has 2 nitrogen and oxygen atoms in total. The first kappa shape index (κ1) is 15.0. The molecule has 0 fully saturated rings. The van der Waals surface area contributed by atoms with Gasteiger partial charge in [0.05, 0.1) is 0 Å². The largest absolute Gasteiger partial charge is 0.488 e. The van der Waals surface area contributed by atoms with Gasteiger partial charge >= 0.3 is 0 Å². The highest BCUT2D eigenvalue weighted by Gasteiger charge is 2.06. The molecule has 0 aromatic heterocycles. The topological polar surface area (TPSA) is 21.3 Å². The number of para-hydroxylation sites is 1. The third-order valence-electron chi connectivity index (χ3n) is 2.93. The summed E-state index contributed by atoms with van der Waals surface area (Å²) in [6.45, 7) is 3.91. The number of halogens is 2. The Hall–Kier alpha value is -1.39. The van der Waals surface area contributed by atoms with Crippen molar-refractivity contribution in [1.82, 2.24) is 5.32 Å². The minimum atomic E-state index is -0.252. The summed E-state index contributed by atoms with van der Waals surface area (Å²) in [5.74, 6) is 0.533. The summed E-state index contributed by atoms with van der Waals surface area (Å²) in [5, 5.41) is 3.26. The quantitative estimate of drug-likeness (QED) is 0.849. The molecule has 0 amide bonds. The maximum absolute atomic E-state index is 13.7. The van der Waals surface area contributed by atoms with Crippen LogP contribution >= 0.6 is 15.9 Å². The lowest BCUT2D eigenvalue weighted by atomic mass is 10.2. The van der Waals surface area contributed by atoms with Crippen LogP contribution in [0.5, 0.6) is 5.75 Å². The molecule has 2 aromatic rings. The summed E-state index contributed by atoms with van der Waals surface area (Å²) in [5.41, 5.74) is 1.61. The molecule has 0 saturated carbocycles. The van der Waals surface area contributed by atoms with Crippen LogP contribution in [0, 0.1) is 5.82 Å². The van der Waals surface area contributed by atoms with Crippen molar-refractivity contribution in [3.05, 3.63) is 63.9 Å². The molecular weight excluding hydrogens is 321 g/mol. The second kappa shape index (κ2) is 7.41. The van der Waals surface area contributed by atoms with Crippen LogP contribution in [0.2, 0.25) is 0 Å². The maximum Gasteiger partial charge on any atom is 0.129 e. The zero-order chi connectivity index (χ0) is 14.4. The van der Waals surface area contributed by atoms with Crippen LogP contribution < -0.4 is 10.1 Å². The van der Waals surface area contributed by atoms with Crippen molar-refractivity contribution in [2.75, 3.05) is 6.54 Å². The van der Waals surface area contributed by atoms with Crippen molar-refractivity contribution in [3.8, 4) is 5.75 Å². The Morgan fingerprint density at radius 1 is 1.15 bits per heavy atom. The molecular formula is C16H17BrFNO. The number of hydrogen-bond donors (Lipinski definition) is 1. The first-order valence-electron chi connectivity index (χ1n) is 6.56. The third kappa shape index (κ3) is 4.05. The molecule has 106 valence electrons. The Morgan fingerprint density at radius 2 is 1.95 bits per heavy atom. The minimum Gasteiger partial charge on any atom is -0.488 e. The van der Waals surface area contributed by atoms with Crippen molar-refractivity contribution in [2.45, 2.75) is 20.1 Å². The highest BCUT2D eigenvalue weighted by atomic mass is 79.9. The Kier molecular flexibility index (Phi) is 5.56. The fraction of sp³-hybridized carbons (Fsp3) is 0.250. The van der Waals surface area contributed by atoms with Gasteiger partial charge < -0.3 is 10.1 Å². The standard InChI is InChI=1S/C16H17BrFNO/c1-2-19-10-12-5-3-4-6-16(12)20-11-13-9-14(17)7-8-15(13)18/h3-9,19H,2,10-11H2,1H3. The Balaban J connectivity index is 2.08. The van der Waals surface area contributed by atoms with E-state index in [1.807, 2.05) is 24.3 Å². The summed E-state index contributed by atoms with van der Waals surface area (Å²) in [7, 11) is 0. The number of nitrogens with one attached hydrogen (secondary N) is 1. The lowest BCUT2D eigenvalue weighted by Gasteiger charge is -2.12. The van der Waals surface area contributed by atoms with E-state index in [2.05, 4.69) is 28.2 Å². The van der Waals surface area contributed by atoms with Gasteiger partial charge in [0.25, 0.3) is 0 Å². The van der Waals surface area contributed by atoms with Gasteiger partial charge in [-0.25, -0.2) is 4.39 Å². The van der Waals surface area contributed by atoms with Gasteiger partial charge in [-0.1, -0.05) is 41.1 Å². The van der Waals surface area contributed by atoms with Gasteiger partial charge in [-0.2, -0.15) is 0 Å². The molecule has 20 heavy (non-hydrogen) atoms. The maximum atomic E-state index is 13.7. The van der Waals surface area contributed by atoms with Crippen LogP contribution in [0.25, 0.3) is 0 Å². The summed E-state index contributed by atoms with van der Waals surface area (Å²) in [6.07, 6.45) is 0. The molecule has 1 N–H and O–H groups in total. The summed E-state index contributed by atoms with van der Waals surface area (Å²) in [4.78, 5) is 0. The van der Waals surface area contributed by atoms with Crippen LogP contribution in [0.3, 0.4) is 0 Å². The first-order chi connectivity index (χ1) is 9.70. The van der Waals surface area contributed by atoms with E-state index in [9.17, 15) is 4.39 Å². The van der Waals surface area contributed by atoms with Gasteiger partial charge in [0.1, 0.15) is 18.2 Å². The predicted octanol–water partition coefficient (Wildman–Crippen LogP) is 4.28. The van der Waals surface area contributed by atoms with E-state index < -0.39 is 0 Å². The Morgan fingerprint density at radius 3 is 2.75 bits per heavy atom. The molecule has 0 spiro atoms. The molecule has 0 aliphatic heterocycles. The van der Waals surface area contributed by atoms with Gasteiger partial charge in [0.15, 0.2) is 0 Å². The van der Waals surface area contributed by atoms with Crippen LogP contribution in [0.1, 0.15) is 18.1 Å².